The molecule has 0 spiro atoms. The molecule has 0 aromatic heterocycles. The highest BCUT2D eigenvalue weighted by molar-refractivity contribution is 4.86. The molecule has 1 fully saturated rings. The number of hydrogen-bond acceptors (Lipinski definition) is 2. The van der Waals surface area contributed by atoms with E-state index in [9.17, 15) is 0 Å². The maximum atomic E-state index is 3.56. The van der Waals surface area contributed by atoms with E-state index in [0.717, 1.165) is 6.54 Å². The number of likely N-dealkylation sites (N-methyl/N-ethyl adjacent to an activating group) is 1. The third kappa shape index (κ3) is 4.06. The molecule has 1 aliphatic heterocycles. The molecular formula is C14H30N2. The van der Waals surface area contributed by atoms with Crippen molar-refractivity contribution >= 4 is 0 Å². The van der Waals surface area contributed by atoms with Gasteiger partial charge in [0.05, 0.1) is 0 Å². The molecule has 96 valence electrons. The van der Waals surface area contributed by atoms with Gasteiger partial charge in [0.15, 0.2) is 0 Å². The van der Waals surface area contributed by atoms with Crippen LogP contribution in [-0.2, 0) is 0 Å². The van der Waals surface area contributed by atoms with E-state index in [1.165, 1.54) is 38.9 Å². The van der Waals surface area contributed by atoms with Crippen LogP contribution >= 0.6 is 0 Å². The third-order valence-electron chi connectivity index (χ3n) is 4.19. The van der Waals surface area contributed by atoms with E-state index in [1.807, 2.05) is 0 Å². The summed E-state index contributed by atoms with van der Waals surface area (Å²) in [4.78, 5) is 2.63. The van der Waals surface area contributed by atoms with Crippen LogP contribution < -0.4 is 5.32 Å². The SMILES string of the molecule is CCNC(C)(C)CN1CCC(C)(CC)CC1. The molecule has 0 atom stereocenters. The van der Waals surface area contributed by atoms with E-state index in [0.29, 0.717) is 5.41 Å². The monoisotopic (exact) mass is 226 g/mol. The molecule has 1 saturated heterocycles. The largest absolute Gasteiger partial charge is 0.311 e. The van der Waals surface area contributed by atoms with Gasteiger partial charge < -0.3 is 10.2 Å². The molecule has 1 N–H and O–H groups in total. The van der Waals surface area contributed by atoms with Crippen LogP contribution in [0.1, 0.15) is 53.9 Å². The van der Waals surface area contributed by atoms with Crippen LogP contribution in [0.2, 0.25) is 0 Å². The fourth-order valence-corrected chi connectivity index (χ4v) is 2.70. The highest BCUT2D eigenvalue weighted by atomic mass is 15.2. The predicted molar refractivity (Wildman–Crippen MR) is 71.8 cm³/mol. The molecule has 1 aliphatic rings. The minimum atomic E-state index is 0.259. The van der Waals surface area contributed by atoms with Crippen molar-refractivity contribution in [3.8, 4) is 0 Å². The molecule has 0 radical (unpaired) electrons. The lowest BCUT2D eigenvalue weighted by Crippen LogP contribution is -2.51. The third-order valence-corrected chi connectivity index (χ3v) is 4.19. The van der Waals surface area contributed by atoms with Crippen molar-refractivity contribution in [2.45, 2.75) is 59.4 Å². The van der Waals surface area contributed by atoms with E-state index < -0.39 is 0 Å². The highest BCUT2D eigenvalue weighted by Crippen LogP contribution is 2.34. The molecule has 16 heavy (non-hydrogen) atoms. The number of likely N-dealkylation sites (tertiary alicyclic amines) is 1. The topological polar surface area (TPSA) is 15.3 Å². The second kappa shape index (κ2) is 5.50. The van der Waals surface area contributed by atoms with Gasteiger partial charge in [0.2, 0.25) is 0 Å². The number of nitrogens with one attached hydrogen (secondary N) is 1. The zero-order chi connectivity index (χ0) is 12.2. The molecule has 2 heteroatoms. The standard InChI is InChI=1S/C14H30N2/c1-6-14(5)8-10-16(11-9-14)12-13(3,4)15-7-2/h15H,6-12H2,1-5H3. The van der Waals surface area contributed by atoms with Gasteiger partial charge in [0.25, 0.3) is 0 Å². The Morgan fingerprint density at radius 1 is 1.19 bits per heavy atom. The number of nitrogens with zero attached hydrogens (tertiary/aromatic N) is 1. The Hall–Kier alpha value is -0.0800. The Morgan fingerprint density at radius 2 is 1.75 bits per heavy atom. The van der Waals surface area contributed by atoms with Gasteiger partial charge in [-0.1, -0.05) is 27.2 Å². The van der Waals surface area contributed by atoms with E-state index in [1.54, 1.807) is 0 Å². The van der Waals surface area contributed by atoms with Crippen molar-refractivity contribution in [2.24, 2.45) is 5.41 Å². The molecule has 1 rings (SSSR count). The summed E-state index contributed by atoms with van der Waals surface area (Å²) in [7, 11) is 0. The quantitative estimate of drug-likeness (QED) is 0.775. The lowest BCUT2D eigenvalue weighted by molar-refractivity contribution is 0.0935. The van der Waals surface area contributed by atoms with Crippen molar-refractivity contribution < 1.29 is 0 Å². The van der Waals surface area contributed by atoms with E-state index in [4.69, 9.17) is 0 Å². The molecule has 1 heterocycles. The predicted octanol–water partition coefficient (Wildman–Crippen LogP) is 2.89. The van der Waals surface area contributed by atoms with Gasteiger partial charge in [-0.25, -0.2) is 0 Å². The van der Waals surface area contributed by atoms with Crippen molar-refractivity contribution in [3.05, 3.63) is 0 Å². The van der Waals surface area contributed by atoms with Gasteiger partial charge >= 0.3 is 0 Å². The maximum Gasteiger partial charge on any atom is 0.0252 e. The normalized spacial score (nSPS) is 22.3. The van der Waals surface area contributed by atoms with Gasteiger partial charge in [0, 0.05) is 12.1 Å². The first kappa shape index (κ1) is 14.0. The minimum absolute atomic E-state index is 0.259. The number of hydrogen-bond donors (Lipinski definition) is 1. The first-order valence-electron chi connectivity index (χ1n) is 6.88. The molecular weight excluding hydrogens is 196 g/mol. The molecule has 0 aromatic carbocycles. The summed E-state index contributed by atoms with van der Waals surface area (Å²) < 4.78 is 0. The van der Waals surface area contributed by atoms with Crippen LogP contribution in [-0.4, -0.2) is 36.6 Å². The first-order valence-corrected chi connectivity index (χ1v) is 6.88. The fourth-order valence-electron chi connectivity index (χ4n) is 2.70. The molecule has 2 nitrogen and oxygen atoms in total. The van der Waals surface area contributed by atoms with Crippen LogP contribution in [0, 0.1) is 5.41 Å². The zero-order valence-corrected chi connectivity index (χ0v) is 11.9. The van der Waals surface area contributed by atoms with E-state index in [-0.39, 0.29) is 5.54 Å². The van der Waals surface area contributed by atoms with Gasteiger partial charge in [-0.05, 0) is 51.7 Å². The smallest absolute Gasteiger partial charge is 0.0252 e. The maximum absolute atomic E-state index is 3.56. The van der Waals surface area contributed by atoms with Crippen LogP contribution in [0.4, 0.5) is 0 Å². The second-order valence-electron chi connectivity index (χ2n) is 6.35. The lowest BCUT2D eigenvalue weighted by Gasteiger charge is -2.42. The summed E-state index contributed by atoms with van der Waals surface area (Å²) >= 11 is 0. The van der Waals surface area contributed by atoms with Crippen molar-refractivity contribution in [3.63, 3.8) is 0 Å². The minimum Gasteiger partial charge on any atom is -0.311 e. The summed E-state index contributed by atoms with van der Waals surface area (Å²) in [6.45, 7) is 16.4. The second-order valence-corrected chi connectivity index (χ2v) is 6.35. The zero-order valence-electron chi connectivity index (χ0n) is 11.9. The van der Waals surface area contributed by atoms with Crippen LogP contribution in [0.15, 0.2) is 0 Å². The van der Waals surface area contributed by atoms with Gasteiger partial charge in [0.1, 0.15) is 0 Å². The molecule has 0 amide bonds. The molecule has 0 aromatic rings. The van der Waals surface area contributed by atoms with Gasteiger partial charge in [-0.2, -0.15) is 0 Å². The first-order chi connectivity index (χ1) is 7.41. The Balaban J connectivity index is 2.37. The van der Waals surface area contributed by atoms with E-state index in [2.05, 4.69) is 44.8 Å². The van der Waals surface area contributed by atoms with Gasteiger partial charge in [-0.15, -0.1) is 0 Å². The molecule has 0 saturated carbocycles. The molecule has 0 bridgehead atoms. The summed E-state index contributed by atoms with van der Waals surface area (Å²) in [5.74, 6) is 0. The van der Waals surface area contributed by atoms with Crippen molar-refractivity contribution in [2.75, 3.05) is 26.2 Å². The fraction of sp³-hybridized carbons (Fsp3) is 1.00. The lowest BCUT2D eigenvalue weighted by atomic mass is 9.78. The van der Waals surface area contributed by atoms with Crippen LogP contribution in [0.25, 0.3) is 0 Å². The van der Waals surface area contributed by atoms with Crippen LogP contribution in [0.5, 0.6) is 0 Å². The van der Waals surface area contributed by atoms with Gasteiger partial charge in [-0.3, -0.25) is 0 Å². The summed E-state index contributed by atoms with van der Waals surface area (Å²) in [5, 5.41) is 3.56. The molecule has 0 unspecified atom stereocenters. The van der Waals surface area contributed by atoms with Crippen molar-refractivity contribution in [1.82, 2.24) is 10.2 Å². The number of rotatable bonds is 5. The Bertz CT molecular complexity index is 203. The summed E-state index contributed by atoms with van der Waals surface area (Å²) in [6.07, 6.45) is 4.06. The Kier molecular flexibility index (Phi) is 4.81. The summed E-state index contributed by atoms with van der Waals surface area (Å²) in [5.41, 5.74) is 0.869. The van der Waals surface area contributed by atoms with E-state index >= 15 is 0 Å². The van der Waals surface area contributed by atoms with Crippen molar-refractivity contribution in [1.29, 1.82) is 0 Å². The Labute approximate surface area is 102 Å². The van der Waals surface area contributed by atoms with Crippen LogP contribution in [0.3, 0.4) is 0 Å². The average Bonchev–Trinajstić information content (AvgIpc) is 2.21. The Morgan fingerprint density at radius 3 is 2.19 bits per heavy atom. The highest BCUT2D eigenvalue weighted by Gasteiger charge is 2.30. The number of piperidine rings is 1. The molecule has 0 aliphatic carbocycles. The average molecular weight is 226 g/mol. The summed E-state index contributed by atoms with van der Waals surface area (Å²) in [6, 6.07) is 0.